The van der Waals surface area contributed by atoms with Gasteiger partial charge in [0.2, 0.25) is 0 Å². The van der Waals surface area contributed by atoms with Gasteiger partial charge in [0, 0.05) is 11.7 Å². The number of carbonyl (C=O) groups is 2. The Morgan fingerprint density at radius 1 is 1.00 bits per heavy atom. The van der Waals surface area contributed by atoms with Crippen LogP contribution in [0.15, 0.2) is 48.5 Å². The number of anilines is 1. The van der Waals surface area contributed by atoms with Gasteiger partial charge in [-0.3, -0.25) is 9.59 Å². The highest BCUT2D eigenvalue weighted by Crippen LogP contribution is 2.56. The Balaban J connectivity index is 1.97. The number of hydrogen-bond donors (Lipinski definition) is 0. The van der Waals surface area contributed by atoms with Gasteiger partial charge < -0.3 is 14.4 Å². The van der Waals surface area contributed by atoms with E-state index >= 15 is 0 Å². The van der Waals surface area contributed by atoms with Crippen LogP contribution in [0.25, 0.3) is 0 Å². The molecule has 146 valence electrons. The Kier molecular flexibility index (Phi) is 4.61. The second-order valence-electron chi connectivity index (χ2n) is 7.70. The average Bonchev–Trinajstić information content (AvgIpc) is 2.97. The molecule has 1 fully saturated rings. The van der Waals surface area contributed by atoms with Crippen molar-refractivity contribution in [2.75, 3.05) is 19.1 Å². The number of fused-ring (bicyclic) bond motifs is 4. The van der Waals surface area contributed by atoms with Crippen molar-refractivity contribution in [3.63, 3.8) is 0 Å². The summed E-state index contributed by atoms with van der Waals surface area (Å²) in [6.07, 6.45) is 2.16. The smallest absolute Gasteiger partial charge is 0.325 e. The van der Waals surface area contributed by atoms with Gasteiger partial charge in [0.15, 0.2) is 5.41 Å². The molecule has 2 aliphatic heterocycles. The molecule has 4 rings (SSSR count). The maximum Gasteiger partial charge on any atom is 0.325 e. The van der Waals surface area contributed by atoms with Gasteiger partial charge in [-0.05, 0) is 49.4 Å². The molecule has 2 aromatic carbocycles. The number of benzene rings is 2. The van der Waals surface area contributed by atoms with Crippen LogP contribution in [0.3, 0.4) is 0 Å². The molecular weight excluding hydrogens is 354 g/mol. The number of hydrogen-bond acceptors (Lipinski definition) is 5. The Morgan fingerprint density at radius 3 is 2.29 bits per heavy atom. The standard InChI is InChI=1S/C23H25NO4/c1-15-8-11-17(12-9-15)24-18-13-10-16-6-4-5-7-19(16)20(24)23(14-18,21(25)27-2)22(26)28-3/h4-9,11-12,18,20H,10,13-14H2,1-3H3/t18-,20+/m1/s1. The van der Waals surface area contributed by atoms with Crippen LogP contribution in [0, 0.1) is 12.3 Å². The predicted octanol–water partition coefficient (Wildman–Crippen LogP) is 3.59. The lowest BCUT2D eigenvalue weighted by Crippen LogP contribution is -2.46. The number of nitrogens with zero attached hydrogens (tertiary/aromatic N) is 1. The van der Waals surface area contributed by atoms with Crippen molar-refractivity contribution < 1.29 is 19.1 Å². The lowest BCUT2D eigenvalue weighted by molar-refractivity contribution is -0.170. The summed E-state index contributed by atoms with van der Waals surface area (Å²) in [6.45, 7) is 2.04. The van der Waals surface area contributed by atoms with Crippen LogP contribution in [0.4, 0.5) is 5.69 Å². The van der Waals surface area contributed by atoms with E-state index in [-0.39, 0.29) is 6.04 Å². The minimum Gasteiger partial charge on any atom is -0.468 e. The Bertz CT molecular complexity index is 889. The van der Waals surface area contributed by atoms with E-state index in [1.165, 1.54) is 25.3 Å². The summed E-state index contributed by atoms with van der Waals surface area (Å²) in [6, 6.07) is 15.9. The van der Waals surface area contributed by atoms with Crippen molar-refractivity contribution in [1.29, 1.82) is 0 Å². The molecule has 2 heterocycles. The number of carbonyl (C=O) groups excluding carboxylic acids is 2. The summed E-state index contributed by atoms with van der Waals surface area (Å²) in [5.41, 5.74) is 2.96. The highest BCUT2D eigenvalue weighted by molar-refractivity contribution is 6.02. The number of aryl methyl sites for hydroxylation is 2. The van der Waals surface area contributed by atoms with E-state index in [4.69, 9.17) is 9.47 Å². The highest BCUT2D eigenvalue weighted by atomic mass is 16.5. The van der Waals surface area contributed by atoms with Crippen molar-refractivity contribution in [3.8, 4) is 0 Å². The third-order valence-electron chi connectivity index (χ3n) is 6.22. The van der Waals surface area contributed by atoms with Crippen LogP contribution in [0.2, 0.25) is 0 Å². The molecule has 0 spiro atoms. The molecule has 2 aliphatic rings. The summed E-state index contributed by atoms with van der Waals surface area (Å²) >= 11 is 0. The molecule has 1 saturated heterocycles. The number of ether oxygens (including phenoxy) is 2. The first kappa shape index (κ1) is 18.5. The van der Waals surface area contributed by atoms with Crippen LogP contribution in [-0.2, 0) is 25.5 Å². The third-order valence-corrected chi connectivity index (χ3v) is 6.22. The van der Waals surface area contributed by atoms with Crippen LogP contribution >= 0.6 is 0 Å². The molecule has 2 atom stereocenters. The zero-order valence-corrected chi connectivity index (χ0v) is 16.5. The summed E-state index contributed by atoms with van der Waals surface area (Å²) in [7, 11) is 2.68. The second kappa shape index (κ2) is 6.97. The normalized spacial score (nSPS) is 22.2. The van der Waals surface area contributed by atoms with Crippen molar-refractivity contribution >= 4 is 17.6 Å². The Morgan fingerprint density at radius 2 is 1.64 bits per heavy atom. The number of methoxy groups -OCH3 is 2. The average molecular weight is 379 g/mol. The lowest BCUT2D eigenvalue weighted by atomic mass is 9.73. The monoisotopic (exact) mass is 379 g/mol. The summed E-state index contributed by atoms with van der Waals surface area (Å²) < 4.78 is 10.3. The van der Waals surface area contributed by atoms with E-state index in [1.54, 1.807) is 0 Å². The maximum absolute atomic E-state index is 13.1. The van der Waals surface area contributed by atoms with Crippen molar-refractivity contribution in [3.05, 3.63) is 65.2 Å². The molecule has 28 heavy (non-hydrogen) atoms. The molecule has 0 radical (unpaired) electrons. The minimum atomic E-state index is -1.38. The molecule has 2 bridgehead atoms. The van der Waals surface area contributed by atoms with E-state index < -0.39 is 23.4 Å². The fourth-order valence-corrected chi connectivity index (χ4v) is 4.95. The van der Waals surface area contributed by atoms with Gasteiger partial charge >= 0.3 is 11.9 Å². The Labute approximate surface area is 165 Å². The topological polar surface area (TPSA) is 55.8 Å². The van der Waals surface area contributed by atoms with Gasteiger partial charge in [-0.1, -0.05) is 42.0 Å². The maximum atomic E-state index is 13.1. The molecule has 5 nitrogen and oxygen atoms in total. The molecular formula is C23H25NO4. The molecule has 2 aromatic rings. The van der Waals surface area contributed by atoms with E-state index in [0.29, 0.717) is 6.42 Å². The molecule has 0 saturated carbocycles. The number of esters is 2. The number of rotatable bonds is 3. The SMILES string of the molecule is COC(=O)C1(C(=O)OC)C[C@H]2CCc3ccccc3[C@@H]1N2c1ccc(C)cc1. The fourth-order valence-electron chi connectivity index (χ4n) is 4.95. The summed E-state index contributed by atoms with van der Waals surface area (Å²) in [5, 5.41) is 0. The van der Waals surface area contributed by atoms with E-state index in [2.05, 4.69) is 35.2 Å². The minimum absolute atomic E-state index is 0.0401. The van der Waals surface area contributed by atoms with Crippen molar-refractivity contribution in [2.45, 2.75) is 38.3 Å². The first-order chi connectivity index (χ1) is 13.5. The zero-order chi connectivity index (χ0) is 19.9. The summed E-state index contributed by atoms with van der Waals surface area (Å²) in [4.78, 5) is 28.4. The van der Waals surface area contributed by atoms with Crippen LogP contribution < -0.4 is 4.90 Å². The largest absolute Gasteiger partial charge is 0.468 e. The van der Waals surface area contributed by atoms with Gasteiger partial charge in [-0.25, -0.2) is 0 Å². The molecule has 0 N–H and O–H groups in total. The van der Waals surface area contributed by atoms with E-state index in [0.717, 1.165) is 24.1 Å². The fraction of sp³-hybridized carbons (Fsp3) is 0.391. The van der Waals surface area contributed by atoms with Gasteiger partial charge in [0.1, 0.15) is 0 Å². The predicted molar refractivity (Wildman–Crippen MR) is 106 cm³/mol. The third kappa shape index (κ3) is 2.60. The van der Waals surface area contributed by atoms with E-state index in [9.17, 15) is 9.59 Å². The summed E-state index contributed by atoms with van der Waals surface area (Å²) in [5.74, 6) is -1.05. The van der Waals surface area contributed by atoms with Crippen LogP contribution in [-0.4, -0.2) is 32.2 Å². The van der Waals surface area contributed by atoms with E-state index in [1.807, 2.05) is 25.1 Å². The van der Waals surface area contributed by atoms with Crippen LogP contribution in [0.1, 0.15) is 35.6 Å². The quantitative estimate of drug-likeness (QED) is 0.603. The molecule has 0 unspecified atom stereocenters. The first-order valence-electron chi connectivity index (χ1n) is 9.62. The van der Waals surface area contributed by atoms with Crippen molar-refractivity contribution in [2.24, 2.45) is 5.41 Å². The van der Waals surface area contributed by atoms with Gasteiger partial charge in [-0.15, -0.1) is 0 Å². The first-order valence-corrected chi connectivity index (χ1v) is 9.62. The van der Waals surface area contributed by atoms with Crippen molar-refractivity contribution in [1.82, 2.24) is 0 Å². The molecule has 0 amide bonds. The zero-order valence-electron chi connectivity index (χ0n) is 16.5. The molecule has 0 aliphatic carbocycles. The highest BCUT2D eigenvalue weighted by Gasteiger charge is 2.64. The van der Waals surface area contributed by atoms with Crippen LogP contribution in [0.5, 0.6) is 0 Å². The van der Waals surface area contributed by atoms with Gasteiger partial charge in [0.05, 0.1) is 20.3 Å². The lowest BCUT2D eigenvalue weighted by Gasteiger charge is -2.36. The van der Waals surface area contributed by atoms with Gasteiger partial charge in [0.25, 0.3) is 0 Å². The van der Waals surface area contributed by atoms with Gasteiger partial charge in [-0.2, -0.15) is 0 Å². The molecule has 0 aromatic heterocycles. The Hall–Kier alpha value is -2.82. The molecule has 5 heteroatoms. The second-order valence-corrected chi connectivity index (χ2v) is 7.70.